The minimum Gasteiger partial charge on any atom is -0.385 e. The number of nitrogens with zero attached hydrogens (tertiary/aromatic N) is 1. The lowest BCUT2D eigenvalue weighted by atomic mass is 10.4. The summed E-state index contributed by atoms with van der Waals surface area (Å²) in [5.74, 6) is -0.0956. The van der Waals surface area contributed by atoms with Crippen LogP contribution < -0.4 is 4.72 Å². The van der Waals surface area contributed by atoms with Crippen LogP contribution in [0.15, 0.2) is 29.2 Å². The molecule has 0 aliphatic heterocycles. The number of benzene rings is 1. The van der Waals surface area contributed by atoms with Gasteiger partial charge in [0.25, 0.3) is 0 Å². The zero-order chi connectivity index (χ0) is 16.6. The van der Waals surface area contributed by atoms with Crippen LogP contribution in [0.3, 0.4) is 0 Å². The molecule has 22 heavy (non-hydrogen) atoms. The van der Waals surface area contributed by atoms with Crippen molar-refractivity contribution in [2.75, 3.05) is 33.4 Å². The van der Waals surface area contributed by atoms with E-state index in [1.807, 2.05) is 0 Å². The van der Waals surface area contributed by atoms with Gasteiger partial charge in [0.15, 0.2) is 0 Å². The first-order valence-electron chi connectivity index (χ1n) is 6.86. The summed E-state index contributed by atoms with van der Waals surface area (Å²) in [6.07, 6.45) is 0.708. The Bertz CT molecular complexity index is 575. The van der Waals surface area contributed by atoms with E-state index >= 15 is 0 Å². The smallest absolute Gasteiger partial charge is 0.240 e. The Hall–Kier alpha value is -1.15. The number of hydrogen-bond donors (Lipinski definition) is 1. The number of sulfonamides is 1. The molecule has 0 saturated heterocycles. The van der Waals surface area contributed by atoms with Gasteiger partial charge in [0.2, 0.25) is 15.9 Å². The summed E-state index contributed by atoms with van der Waals surface area (Å²) >= 11 is 5.73. The number of halogens is 1. The molecular formula is C14H21ClN2O4S. The molecule has 0 saturated carbocycles. The molecule has 0 aromatic heterocycles. The lowest BCUT2D eigenvalue weighted by molar-refractivity contribution is -0.128. The Morgan fingerprint density at radius 1 is 1.27 bits per heavy atom. The second-order valence-corrected chi connectivity index (χ2v) is 6.91. The number of methoxy groups -OCH3 is 1. The maximum Gasteiger partial charge on any atom is 0.240 e. The fourth-order valence-corrected chi connectivity index (χ4v) is 2.99. The zero-order valence-electron chi connectivity index (χ0n) is 12.7. The highest BCUT2D eigenvalue weighted by Gasteiger charge is 2.15. The molecule has 0 heterocycles. The van der Waals surface area contributed by atoms with E-state index in [4.69, 9.17) is 16.3 Å². The molecule has 6 nitrogen and oxygen atoms in total. The van der Waals surface area contributed by atoms with Gasteiger partial charge in [-0.1, -0.05) is 11.6 Å². The second kappa shape index (κ2) is 9.09. The molecule has 0 radical (unpaired) electrons. The van der Waals surface area contributed by atoms with Crippen LogP contribution in [-0.2, 0) is 19.6 Å². The third-order valence-corrected chi connectivity index (χ3v) is 4.75. The zero-order valence-corrected chi connectivity index (χ0v) is 14.3. The summed E-state index contributed by atoms with van der Waals surface area (Å²) in [6, 6.07) is 5.91. The van der Waals surface area contributed by atoms with Crippen LogP contribution >= 0.6 is 11.6 Å². The number of rotatable bonds is 9. The van der Waals surface area contributed by atoms with Crippen LogP contribution in [0, 0.1) is 0 Å². The van der Waals surface area contributed by atoms with Gasteiger partial charge in [0.1, 0.15) is 0 Å². The minimum absolute atomic E-state index is 0.0956. The molecule has 0 aliphatic rings. The van der Waals surface area contributed by atoms with Crippen LogP contribution in [-0.4, -0.2) is 52.6 Å². The topological polar surface area (TPSA) is 75.7 Å². The van der Waals surface area contributed by atoms with Crippen molar-refractivity contribution < 1.29 is 17.9 Å². The molecule has 0 atom stereocenters. The lowest BCUT2D eigenvalue weighted by Crippen LogP contribution is -2.38. The van der Waals surface area contributed by atoms with Crippen LogP contribution in [0.2, 0.25) is 5.02 Å². The van der Waals surface area contributed by atoms with Gasteiger partial charge < -0.3 is 9.64 Å². The molecule has 0 unspecified atom stereocenters. The summed E-state index contributed by atoms with van der Waals surface area (Å²) in [5, 5.41) is 0.472. The highest BCUT2D eigenvalue weighted by Crippen LogP contribution is 2.13. The average molecular weight is 349 g/mol. The van der Waals surface area contributed by atoms with Crippen LogP contribution in [0.25, 0.3) is 0 Å². The molecule has 0 spiro atoms. The maximum atomic E-state index is 12.1. The molecule has 8 heteroatoms. The number of nitrogens with one attached hydrogen (secondary N) is 1. The molecule has 1 aromatic carbocycles. The van der Waals surface area contributed by atoms with Gasteiger partial charge in [0, 0.05) is 45.3 Å². The van der Waals surface area contributed by atoms with E-state index in [-0.39, 0.29) is 17.3 Å². The van der Waals surface area contributed by atoms with Crippen molar-refractivity contribution in [2.45, 2.75) is 18.2 Å². The van der Waals surface area contributed by atoms with Crippen molar-refractivity contribution >= 4 is 27.5 Å². The van der Waals surface area contributed by atoms with Gasteiger partial charge in [0.05, 0.1) is 4.90 Å². The first-order chi connectivity index (χ1) is 10.4. The number of amides is 1. The van der Waals surface area contributed by atoms with E-state index in [9.17, 15) is 13.2 Å². The predicted molar refractivity (Wildman–Crippen MR) is 85.4 cm³/mol. The fraction of sp³-hybridized carbons (Fsp3) is 0.500. The Kier molecular flexibility index (Phi) is 7.81. The Morgan fingerprint density at radius 2 is 1.91 bits per heavy atom. The van der Waals surface area contributed by atoms with Crippen molar-refractivity contribution in [1.29, 1.82) is 0 Å². The van der Waals surface area contributed by atoms with E-state index in [1.165, 1.54) is 31.2 Å². The quantitative estimate of drug-likeness (QED) is 0.686. The minimum atomic E-state index is -3.59. The lowest BCUT2D eigenvalue weighted by Gasteiger charge is -2.21. The van der Waals surface area contributed by atoms with Crippen molar-refractivity contribution in [1.82, 2.24) is 9.62 Å². The highest BCUT2D eigenvalue weighted by atomic mass is 35.5. The monoisotopic (exact) mass is 348 g/mol. The van der Waals surface area contributed by atoms with Crippen LogP contribution in [0.1, 0.15) is 13.3 Å². The van der Waals surface area contributed by atoms with Gasteiger partial charge in [-0.25, -0.2) is 13.1 Å². The average Bonchev–Trinajstić information content (AvgIpc) is 2.46. The number of carbonyl (C=O) groups excluding carboxylic acids is 1. The highest BCUT2D eigenvalue weighted by molar-refractivity contribution is 7.89. The molecule has 1 rings (SSSR count). The van der Waals surface area contributed by atoms with Crippen LogP contribution in [0.4, 0.5) is 0 Å². The third kappa shape index (κ3) is 6.31. The normalized spacial score (nSPS) is 11.4. The van der Waals surface area contributed by atoms with E-state index < -0.39 is 10.0 Å². The van der Waals surface area contributed by atoms with Crippen molar-refractivity contribution in [3.8, 4) is 0 Å². The summed E-state index contributed by atoms with van der Waals surface area (Å²) in [6.45, 7) is 3.01. The van der Waals surface area contributed by atoms with Gasteiger partial charge in [-0.3, -0.25) is 4.79 Å². The van der Waals surface area contributed by atoms with E-state index in [1.54, 1.807) is 12.0 Å². The molecule has 0 aliphatic carbocycles. The maximum absolute atomic E-state index is 12.1. The molecule has 0 fully saturated rings. The van der Waals surface area contributed by atoms with E-state index in [2.05, 4.69) is 4.72 Å². The van der Waals surface area contributed by atoms with Crippen molar-refractivity contribution in [3.63, 3.8) is 0 Å². The fourth-order valence-electron chi connectivity index (χ4n) is 1.84. The first-order valence-corrected chi connectivity index (χ1v) is 8.72. The van der Waals surface area contributed by atoms with E-state index in [0.29, 0.717) is 31.1 Å². The second-order valence-electron chi connectivity index (χ2n) is 4.70. The summed E-state index contributed by atoms with van der Waals surface area (Å²) in [5.41, 5.74) is 0. The summed E-state index contributed by atoms with van der Waals surface area (Å²) in [4.78, 5) is 13.2. The Balaban J connectivity index is 2.52. The van der Waals surface area contributed by atoms with E-state index in [0.717, 1.165) is 0 Å². The van der Waals surface area contributed by atoms with Crippen molar-refractivity contribution in [3.05, 3.63) is 29.3 Å². The molecule has 1 amide bonds. The van der Waals surface area contributed by atoms with Crippen LogP contribution in [0.5, 0.6) is 0 Å². The van der Waals surface area contributed by atoms with Gasteiger partial charge in [-0.15, -0.1) is 0 Å². The van der Waals surface area contributed by atoms with Gasteiger partial charge in [-0.2, -0.15) is 0 Å². The predicted octanol–water partition coefficient (Wildman–Crippen LogP) is 1.50. The molecule has 1 aromatic rings. The molecular weight excluding hydrogens is 328 g/mol. The molecule has 1 N–H and O–H groups in total. The van der Waals surface area contributed by atoms with Crippen molar-refractivity contribution in [2.24, 2.45) is 0 Å². The SMILES string of the molecule is COCCCN(CCNS(=O)(=O)c1ccc(Cl)cc1)C(C)=O. The third-order valence-electron chi connectivity index (χ3n) is 3.02. The Morgan fingerprint density at radius 3 is 2.45 bits per heavy atom. The number of ether oxygens (including phenoxy) is 1. The molecule has 124 valence electrons. The van der Waals surface area contributed by atoms with Gasteiger partial charge >= 0.3 is 0 Å². The standard InChI is InChI=1S/C14H21ClN2O4S/c1-12(18)17(9-3-11-21-2)10-8-16-22(19,20)14-6-4-13(15)5-7-14/h4-7,16H,3,8-11H2,1-2H3. The molecule has 0 bridgehead atoms. The summed E-state index contributed by atoms with van der Waals surface area (Å²) in [7, 11) is -2.00. The number of hydrogen-bond acceptors (Lipinski definition) is 4. The number of carbonyl (C=O) groups is 1. The van der Waals surface area contributed by atoms with Gasteiger partial charge in [-0.05, 0) is 30.7 Å². The summed E-state index contributed by atoms with van der Waals surface area (Å²) < 4.78 is 31.6. The Labute approximate surface area is 136 Å². The largest absolute Gasteiger partial charge is 0.385 e. The first kappa shape index (κ1) is 18.9.